The first kappa shape index (κ1) is 16.2. The van der Waals surface area contributed by atoms with Crippen LogP contribution in [0.15, 0.2) is 24.3 Å². The average Bonchev–Trinajstić information content (AvgIpc) is 2.43. The maximum atomic E-state index is 9.26. The van der Waals surface area contributed by atoms with Gasteiger partial charge in [0.2, 0.25) is 0 Å². The van der Waals surface area contributed by atoms with Gasteiger partial charge < -0.3 is 10.4 Å². The Morgan fingerprint density at radius 1 is 1.11 bits per heavy atom. The Morgan fingerprint density at radius 3 is 2.21 bits per heavy atom. The molecule has 2 unspecified atom stereocenters. The first-order chi connectivity index (χ1) is 9.08. The fourth-order valence-corrected chi connectivity index (χ4v) is 2.16. The summed E-state index contributed by atoms with van der Waals surface area (Å²) in [5.74, 6) is 1.12. The molecule has 0 saturated carbocycles. The molecule has 1 aromatic carbocycles. The largest absolute Gasteiger partial charge is 0.395 e. The Kier molecular flexibility index (Phi) is 7.11. The summed E-state index contributed by atoms with van der Waals surface area (Å²) in [6, 6.07) is 9.16. The lowest BCUT2D eigenvalue weighted by Crippen LogP contribution is -2.38. The van der Waals surface area contributed by atoms with Crippen molar-refractivity contribution in [3.63, 3.8) is 0 Å². The standard InChI is InChI=1S/C17H29NO/c1-5-14(4)16-8-6-15(7-9-16)10-11-18-17(12-19)13(2)3/h6-9,13-14,17-19H,5,10-12H2,1-4H3. The van der Waals surface area contributed by atoms with E-state index in [1.54, 1.807) is 0 Å². The predicted octanol–water partition coefficient (Wildman–Crippen LogP) is 3.35. The van der Waals surface area contributed by atoms with E-state index in [-0.39, 0.29) is 12.6 Å². The van der Waals surface area contributed by atoms with E-state index in [1.165, 1.54) is 17.5 Å². The maximum Gasteiger partial charge on any atom is 0.0587 e. The first-order valence-corrected chi connectivity index (χ1v) is 7.51. The number of benzene rings is 1. The van der Waals surface area contributed by atoms with Crippen molar-refractivity contribution >= 4 is 0 Å². The summed E-state index contributed by atoms with van der Waals surface area (Å²) in [5.41, 5.74) is 2.79. The highest BCUT2D eigenvalue weighted by molar-refractivity contribution is 5.25. The molecule has 2 nitrogen and oxygen atoms in total. The van der Waals surface area contributed by atoms with E-state index in [9.17, 15) is 5.11 Å². The normalized spacial score (nSPS) is 14.6. The molecule has 0 aliphatic heterocycles. The lowest BCUT2D eigenvalue weighted by Gasteiger charge is -2.20. The monoisotopic (exact) mass is 263 g/mol. The summed E-state index contributed by atoms with van der Waals surface area (Å²) >= 11 is 0. The van der Waals surface area contributed by atoms with Gasteiger partial charge in [-0.15, -0.1) is 0 Å². The van der Waals surface area contributed by atoms with Gasteiger partial charge >= 0.3 is 0 Å². The van der Waals surface area contributed by atoms with Crippen molar-refractivity contribution in [1.82, 2.24) is 5.32 Å². The van der Waals surface area contributed by atoms with Crippen LogP contribution in [0.25, 0.3) is 0 Å². The first-order valence-electron chi connectivity index (χ1n) is 7.51. The van der Waals surface area contributed by atoms with E-state index in [0.717, 1.165) is 13.0 Å². The third kappa shape index (κ3) is 5.33. The molecule has 0 fully saturated rings. The number of hydrogen-bond acceptors (Lipinski definition) is 2. The fraction of sp³-hybridized carbons (Fsp3) is 0.647. The Morgan fingerprint density at radius 2 is 1.74 bits per heavy atom. The van der Waals surface area contributed by atoms with Gasteiger partial charge in [-0.1, -0.05) is 52.0 Å². The van der Waals surface area contributed by atoms with Gasteiger partial charge in [0, 0.05) is 6.04 Å². The molecule has 0 aromatic heterocycles. The molecule has 19 heavy (non-hydrogen) atoms. The summed E-state index contributed by atoms with van der Waals surface area (Å²) in [6.45, 7) is 9.90. The molecule has 1 rings (SSSR count). The van der Waals surface area contributed by atoms with Gasteiger partial charge in [-0.3, -0.25) is 0 Å². The van der Waals surface area contributed by atoms with Crippen LogP contribution in [0.1, 0.15) is 51.2 Å². The third-order valence-electron chi connectivity index (χ3n) is 3.98. The second kappa shape index (κ2) is 8.34. The second-order valence-electron chi connectivity index (χ2n) is 5.79. The SMILES string of the molecule is CCC(C)c1ccc(CCNC(CO)C(C)C)cc1. The van der Waals surface area contributed by atoms with Gasteiger partial charge in [0.25, 0.3) is 0 Å². The molecule has 0 radical (unpaired) electrons. The van der Waals surface area contributed by atoms with Gasteiger partial charge in [-0.25, -0.2) is 0 Å². The molecule has 108 valence electrons. The minimum atomic E-state index is 0.208. The zero-order chi connectivity index (χ0) is 14.3. The molecule has 2 N–H and O–H groups in total. The summed E-state index contributed by atoms with van der Waals surface area (Å²) in [6.07, 6.45) is 2.21. The van der Waals surface area contributed by atoms with Crippen LogP contribution in [0.5, 0.6) is 0 Å². The van der Waals surface area contributed by atoms with Crippen LogP contribution >= 0.6 is 0 Å². The molecular formula is C17H29NO. The topological polar surface area (TPSA) is 32.3 Å². The number of rotatable bonds is 8. The molecule has 0 amide bonds. The molecule has 0 aliphatic rings. The van der Waals surface area contributed by atoms with Crippen molar-refractivity contribution < 1.29 is 5.11 Å². The Labute approximate surface area is 118 Å². The Balaban J connectivity index is 2.41. The van der Waals surface area contributed by atoms with Crippen molar-refractivity contribution in [2.24, 2.45) is 5.92 Å². The van der Waals surface area contributed by atoms with Crippen molar-refractivity contribution in [1.29, 1.82) is 0 Å². The number of aliphatic hydroxyl groups excluding tert-OH is 1. The highest BCUT2D eigenvalue weighted by Crippen LogP contribution is 2.18. The van der Waals surface area contributed by atoms with E-state index < -0.39 is 0 Å². The van der Waals surface area contributed by atoms with Crippen molar-refractivity contribution in [3.8, 4) is 0 Å². The van der Waals surface area contributed by atoms with Crippen LogP contribution in [0.3, 0.4) is 0 Å². The lowest BCUT2D eigenvalue weighted by molar-refractivity contribution is 0.212. The average molecular weight is 263 g/mol. The van der Waals surface area contributed by atoms with E-state index in [0.29, 0.717) is 11.8 Å². The number of aliphatic hydroxyl groups is 1. The van der Waals surface area contributed by atoms with Gasteiger partial charge in [-0.2, -0.15) is 0 Å². The van der Waals surface area contributed by atoms with Crippen molar-refractivity contribution in [2.75, 3.05) is 13.2 Å². The molecule has 0 spiro atoms. The zero-order valence-electron chi connectivity index (χ0n) is 12.8. The van der Waals surface area contributed by atoms with Crippen LogP contribution in [0.4, 0.5) is 0 Å². The molecular weight excluding hydrogens is 234 g/mol. The fourth-order valence-electron chi connectivity index (χ4n) is 2.16. The van der Waals surface area contributed by atoms with Crippen LogP contribution < -0.4 is 5.32 Å². The molecule has 2 heteroatoms. The van der Waals surface area contributed by atoms with E-state index in [1.807, 2.05) is 0 Å². The quantitative estimate of drug-likeness (QED) is 0.754. The Bertz CT molecular complexity index is 345. The van der Waals surface area contributed by atoms with Crippen molar-refractivity contribution in [3.05, 3.63) is 35.4 Å². The van der Waals surface area contributed by atoms with E-state index >= 15 is 0 Å². The van der Waals surface area contributed by atoms with Gasteiger partial charge in [0.05, 0.1) is 6.61 Å². The van der Waals surface area contributed by atoms with E-state index in [2.05, 4.69) is 57.3 Å². The number of nitrogens with one attached hydrogen (secondary N) is 1. The predicted molar refractivity (Wildman–Crippen MR) is 82.6 cm³/mol. The van der Waals surface area contributed by atoms with Crippen LogP contribution in [0.2, 0.25) is 0 Å². The van der Waals surface area contributed by atoms with E-state index in [4.69, 9.17) is 0 Å². The summed E-state index contributed by atoms with van der Waals surface area (Å²) in [7, 11) is 0. The third-order valence-corrected chi connectivity index (χ3v) is 3.98. The summed E-state index contributed by atoms with van der Waals surface area (Å²) < 4.78 is 0. The van der Waals surface area contributed by atoms with Crippen LogP contribution in [-0.2, 0) is 6.42 Å². The maximum absolute atomic E-state index is 9.26. The molecule has 0 aliphatic carbocycles. The van der Waals surface area contributed by atoms with Gasteiger partial charge in [0.15, 0.2) is 0 Å². The zero-order valence-corrected chi connectivity index (χ0v) is 12.8. The molecule has 0 heterocycles. The molecule has 2 atom stereocenters. The minimum Gasteiger partial charge on any atom is -0.395 e. The molecule has 0 bridgehead atoms. The minimum absolute atomic E-state index is 0.208. The molecule has 0 saturated heterocycles. The van der Waals surface area contributed by atoms with Crippen LogP contribution in [0, 0.1) is 5.92 Å². The van der Waals surface area contributed by atoms with Crippen molar-refractivity contribution in [2.45, 2.75) is 52.5 Å². The highest BCUT2D eigenvalue weighted by atomic mass is 16.3. The highest BCUT2D eigenvalue weighted by Gasteiger charge is 2.10. The molecule has 1 aromatic rings. The number of hydrogen-bond donors (Lipinski definition) is 2. The Hall–Kier alpha value is -0.860. The second-order valence-corrected chi connectivity index (χ2v) is 5.79. The van der Waals surface area contributed by atoms with Gasteiger partial charge in [0.1, 0.15) is 0 Å². The van der Waals surface area contributed by atoms with Gasteiger partial charge in [-0.05, 0) is 42.3 Å². The summed E-state index contributed by atoms with van der Waals surface area (Å²) in [5, 5.41) is 12.7. The van der Waals surface area contributed by atoms with Crippen LogP contribution in [-0.4, -0.2) is 24.3 Å². The summed E-state index contributed by atoms with van der Waals surface area (Å²) in [4.78, 5) is 0. The smallest absolute Gasteiger partial charge is 0.0587 e. The lowest BCUT2D eigenvalue weighted by atomic mass is 9.97.